The van der Waals surface area contributed by atoms with Crippen LogP contribution in [0.5, 0.6) is 5.75 Å². The van der Waals surface area contributed by atoms with Gasteiger partial charge in [0.1, 0.15) is 17.2 Å². The van der Waals surface area contributed by atoms with Gasteiger partial charge in [-0.2, -0.15) is 4.72 Å². The molecule has 0 bridgehead atoms. The average molecular weight is 313 g/mol. The van der Waals surface area contributed by atoms with Gasteiger partial charge in [0.25, 0.3) is 0 Å². The van der Waals surface area contributed by atoms with Crippen molar-refractivity contribution in [3.8, 4) is 5.75 Å². The lowest BCUT2D eigenvalue weighted by atomic mass is 10.3. The quantitative estimate of drug-likeness (QED) is 0.821. The summed E-state index contributed by atoms with van der Waals surface area (Å²) < 4.78 is 69.7. The van der Waals surface area contributed by atoms with Crippen molar-refractivity contribution in [2.75, 3.05) is 13.7 Å². The number of ether oxygens (including phenoxy) is 2. The smallest absolute Gasteiger partial charge is 0.468 e. The number of para-hydroxylation sites is 1. The summed E-state index contributed by atoms with van der Waals surface area (Å²) in [4.78, 5) is 10.1. The summed E-state index contributed by atoms with van der Waals surface area (Å²) in [6.07, 6.45) is -5.03. The van der Waals surface area contributed by atoms with Gasteiger partial charge in [0.2, 0.25) is 10.0 Å². The first-order chi connectivity index (χ1) is 9.15. The average Bonchev–Trinajstić information content (AvgIpc) is 2.34. The molecule has 0 aromatic heterocycles. The fourth-order valence-electron chi connectivity index (χ4n) is 1.19. The Labute approximate surface area is 112 Å². The van der Waals surface area contributed by atoms with Crippen LogP contribution in [0.15, 0.2) is 29.2 Å². The van der Waals surface area contributed by atoms with E-state index in [9.17, 15) is 26.4 Å². The van der Waals surface area contributed by atoms with Crippen LogP contribution in [0.3, 0.4) is 0 Å². The van der Waals surface area contributed by atoms with E-state index < -0.39 is 39.5 Å². The van der Waals surface area contributed by atoms with Crippen molar-refractivity contribution in [3.05, 3.63) is 24.3 Å². The minimum absolute atomic E-state index is 0.709. The zero-order chi connectivity index (χ0) is 15.4. The number of benzene rings is 1. The molecule has 0 fully saturated rings. The molecule has 112 valence electrons. The van der Waals surface area contributed by atoms with Gasteiger partial charge >= 0.3 is 12.3 Å². The third kappa shape index (κ3) is 4.70. The summed E-state index contributed by atoms with van der Waals surface area (Å²) in [6.45, 7) is -0.709. The molecular weight excluding hydrogens is 303 g/mol. The van der Waals surface area contributed by atoms with Crippen LogP contribution in [0, 0.1) is 0 Å². The second-order valence-electron chi connectivity index (χ2n) is 3.40. The summed E-state index contributed by atoms with van der Waals surface area (Å²) in [6, 6.07) is 4.16. The number of carbonyl (C=O) groups is 1. The molecule has 0 atom stereocenters. The van der Waals surface area contributed by atoms with Crippen molar-refractivity contribution in [2.45, 2.75) is 11.3 Å². The molecule has 20 heavy (non-hydrogen) atoms. The number of alkyl halides is 3. The Hall–Kier alpha value is -1.81. The van der Waals surface area contributed by atoms with Crippen LogP contribution in [-0.2, 0) is 19.6 Å². The van der Waals surface area contributed by atoms with E-state index in [1.807, 2.05) is 0 Å². The van der Waals surface area contributed by atoms with Crippen LogP contribution in [0.2, 0.25) is 0 Å². The lowest BCUT2D eigenvalue weighted by molar-refractivity contribution is -0.275. The standard InChI is InChI=1S/C10H10F3NO5S/c1-18-9(15)6-14-20(16,17)8-5-3-2-4-7(8)19-10(11,12)13/h2-5,14H,6H2,1H3. The molecule has 0 saturated heterocycles. The monoisotopic (exact) mass is 313 g/mol. The lowest BCUT2D eigenvalue weighted by Crippen LogP contribution is -2.31. The molecule has 1 aromatic rings. The minimum atomic E-state index is -5.03. The van der Waals surface area contributed by atoms with Gasteiger partial charge in [-0.25, -0.2) is 8.42 Å². The van der Waals surface area contributed by atoms with Gasteiger partial charge in [0, 0.05) is 0 Å². The first-order valence-corrected chi connectivity index (χ1v) is 6.55. The highest BCUT2D eigenvalue weighted by molar-refractivity contribution is 7.89. The van der Waals surface area contributed by atoms with Crippen molar-refractivity contribution in [1.29, 1.82) is 0 Å². The first-order valence-electron chi connectivity index (χ1n) is 5.07. The predicted molar refractivity (Wildman–Crippen MR) is 60.3 cm³/mol. The molecule has 0 heterocycles. The molecule has 0 saturated carbocycles. The number of hydrogen-bond acceptors (Lipinski definition) is 5. The Balaban J connectivity index is 3.03. The number of esters is 1. The second-order valence-corrected chi connectivity index (χ2v) is 5.13. The molecule has 1 N–H and O–H groups in total. The van der Waals surface area contributed by atoms with E-state index in [1.54, 1.807) is 4.72 Å². The molecule has 0 aliphatic heterocycles. The summed E-state index contributed by atoms with van der Waals surface area (Å²) in [5.41, 5.74) is 0. The minimum Gasteiger partial charge on any atom is -0.468 e. The largest absolute Gasteiger partial charge is 0.573 e. The van der Waals surface area contributed by atoms with Crippen molar-refractivity contribution in [3.63, 3.8) is 0 Å². The van der Waals surface area contributed by atoms with Crippen LogP contribution >= 0.6 is 0 Å². The molecule has 0 spiro atoms. The highest BCUT2D eigenvalue weighted by Gasteiger charge is 2.34. The zero-order valence-corrected chi connectivity index (χ0v) is 10.9. The number of hydrogen-bond donors (Lipinski definition) is 1. The molecule has 0 radical (unpaired) electrons. The highest BCUT2D eigenvalue weighted by Crippen LogP contribution is 2.28. The van der Waals surface area contributed by atoms with E-state index >= 15 is 0 Å². The number of nitrogens with one attached hydrogen (secondary N) is 1. The van der Waals surface area contributed by atoms with E-state index in [2.05, 4.69) is 9.47 Å². The van der Waals surface area contributed by atoms with Gasteiger partial charge in [0.15, 0.2) is 0 Å². The van der Waals surface area contributed by atoms with E-state index in [0.29, 0.717) is 0 Å². The Morgan fingerprint density at radius 1 is 1.30 bits per heavy atom. The second kappa shape index (κ2) is 6.09. The molecule has 0 aliphatic carbocycles. The number of methoxy groups -OCH3 is 1. The molecular formula is C10H10F3NO5S. The SMILES string of the molecule is COC(=O)CNS(=O)(=O)c1ccccc1OC(F)(F)F. The predicted octanol–water partition coefficient (Wildman–Crippen LogP) is 1.04. The van der Waals surface area contributed by atoms with E-state index in [1.165, 1.54) is 12.1 Å². The number of carbonyl (C=O) groups excluding carboxylic acids is 1. The fourth-order valence-corrected chi connectivity index (χ4v) is 2.28. The third-order valence-electron chi connectivity index (χ3n) is 2.00. The van der Waals surface area contributed by atoms with Gasteiger partial charge < -0.3 is 9.47 Å². The topological polar surface area (TPSA) is 81.7 Å². The van der Waals surface area contributed by atoms with Crippen LogP contribution in [-0.4, -0.2) is 34.4 Å². The Kier molecular flexibility index (Phi) is 4.95. The van der Waals surface area contributed by atoms with Gasteiger partial charge in [-0.3, -0.25) is 4.79 Å². The maximum atomic E-state index is 12.2. The van der Waals surface area contributed by atoms with Gasteiger partial charge in [-0.1, -0.05) is 12.1 Å². The molecule has 0 unspecified atom stereocenters. The normalized spacial score (nSPS) is 12.0. The van der Waals surface area contributed by atoms with Crippen LogP contribution in [0.4, 0.5) is 13.2 Å². The van der Waals surface area contributed by atoms with Gasteiger partial charge in [0.05, 0.1) is 7.11 Å². The van der Waals surface area contributed by atoms with E-state index in [4.69, 9.17) is 0 Å². The van der Waals surface area contributed by atoms with E-state index in [-0.39, 0.29) is 0 Å². The van der Waals surface area contributed by atoms with Gasteiger partial charge in [-0.05, 0) is 12.1 Å². The molecule has 0 amide bonds. The van der Waals surface area contributed by atoms with E-state index in [0.717, 1.165) is 19.2 Å². The first kappa shape index (κ1) is 16.2. The maximum absolute atomic E-state index is 12.2. The highest BCUT2D eigenvalue weighted by atomic mass is 32.2. The Morgan fingerprint density at radius 2 is 1.90 bits per heavy atom. The van der Waals surface area contributed by atoms with Crippen molar-refractivity contribution in [2.24, 2.45) is 0 Å². The molecule has 10 heteroatoms. The molecule has 1 aromatic carbocycles. The number of halogens is 3. The molecule has 6 nitrogen and oxygen atoms in total. The number of rotatable bonds is 5. The molecule has 1 rings (SSSR count). The van der Waals surface area contributed by atoms with Crippen molar-refractivity contribution >= 4 is 16.0 Å². The zero-order valence-electron chi connectivity index (χ0n) is 10.1. The Bertz CT molecular complexity index is 585. The molecule has 0 aliphatic rings. The van der Waals surface area contributed by atoms with Crippen LogP contribution < -0.4 is 9.46 Å². The fraction of sp³-hybridized carbons (Fsp3) is 0.300. The number of sulfonamides is 1. The van der Waals surface area contributed by atoms with Crippen LogP contribution in [0.25, 0.3) is 0 Å². The van der Waals surface area contributed by atoms with Crippen molar-refractivity contribution in [1.82, 2.24) is 4.72 Å². The van der Waals surface area contributed by atoms with Crippen LogP contribution in [0.1, 0.15) is 0 Å². The summed E-state index contributed by atoms with van der Waals surface area (Å²) >= 11 is 0. The Morgan fingerprint density at radius 3 is 2.45 bits per heavy atom. The summed E-state index contributed by atoms with van der Waals surface area (Å²) in [7, 11) is -3.31. The lowest BCUT2D eigenvalue weighted by Gasteiger charge is -2.13. The third-order valence-corrected chi connectivity index (χ3v) is 3.44. The maximum Gasteiger partial charge on any atom is 0.573 e. The summed E-state index contributed by atoms with van der Waals surface area (Å²) in [5, 5.41) is 0. The summed E-state index contributed by atoms with van der Waals surface area (Å²) in [5.74, 6) is -1.78. The van der Waals surface area contributed by atoms with Gasteiger partial charge in [-0.15, -0.1) is 13.2 Å². The van der Waals surface area contributed by atoms with Crippen molar-refractivity contribution < 1.29 is 35.9 Å².